The molecule has 1 aliphatic heterocycles. The van der Waals surface area contributed by atoms with E-state index in [1.165, 1.54) is 12.1 Å². The molecule has 0 unspecified atom stereocenters. The number of rotatable bonds is 3. The summed E-state index contributed by atoms with van der Waals surface area (Å²) in [6.07, 6.45) is -2.32. The number of alkyl halides is 3. The first kappa shape index (κ1) is 17.1. The maximum absolute atomic E-state index is 12.9. The Morgan fingerprint density at radius 2 is 1.77 bits per heavy atom. The van der Waals surface area contributed by atoms with Crippen molar-refractivity contribution in [1.29, 1.82) is 0 Å². The number of hydrogen-bond donors (Lipinski definition) is 0. The van der Waals surface area contributed by atoms with Gasteiger partial charge in [0.05, 0.1) is 15.8 Å². The molecular formula is C19H17F3N2OS. The zero-order valence-corrected chi connectivity index (χ0v) is 14.7. The summed E-state index contributed by atoms with van der Waals surface area (Å²) in [5.41, 5.74) is 1.62. The van der Waals surface area contributed by atoms with E-state index in [0.717, 1.165) is 53.8 Å². The number of benzene rings is 1. The molecule has 0 saturated carbocycles. The van der Waals surface area contributed by atoms with E-state index in [1.807, 2.05) is 27.0 Å². The normalized spacial score (nSPS) is 15.1. The van der Waals surface area contributed by atoms with Crippen LogP contribution >= 0.6 is 11.3 Å². The molecule has 4 rings (SSSR count). The molecule has 1 saturated heterocycles. The molecule has 3 heterocycles. The number of halogens is 3. The van der Waals surface area contributed by atoms with Crippen molar-refractivity contribution in [2.45, 2.75) is 25.6 Å². The Kier molecular flexibility index (Phi) is 4.26. The molecule has 3 aromatic rings. The van der Waals surface area contributed by atoms with Crippen LogP contribution in [-0.2, 0) is 12.7 Å². The van der Waals surface area contributed by atoms with Gasteiger partial charge in [-0.3, -0.25) is 4.79 Å². The Morgan fingerprint density at radius 3 is 2.42 bits per heavy atom. The molecule has 1 aliphatic rings. The van der Waals surface area contributed by atoms with E-state index in [0.29, 0.717) is 12.2 Å². The summed E-state index contributed by atoms with van der Waals surface area (Å²) in [5.74, 6) is -0.00203. The summed E-state index contributed by atoms with van der Waals surface area (Å²) in [7, 11) is 0. The van der Waals surface area contributed by atoms with Crippen LogP contribution in [0.15, 0.2) is 41.8 Å². The number of likely N-dealkylation sites (tertiary alicyclic amines) is 1. The highest BCUT2D eigenvalue weighted by Gasteiger charge is 2.30. The van der Waals surface area contributed by atoms with Crippen molar-refractivity contribution in [2.24, 2.45) is 0 Å². The van der Waals surface area contributed by atoms with E-state index < -0.39 is 11.7 Å². The van der Waals surface area contributed by atoms with Crippen LogP contribution in [-0.4, -0.2) is 28.5 Å². The average Bonchev–Trinajstić information content (AvgIpc) is 3.32. The van der Waals surface area contributed by atoms with E-state index in [9.17, 15) is 18.0 Å². The maximum atomic E-state index is 12.9. The van der Waals surface area contributed by atoms with E-state index in [4.69, 9.17) is 0 Å². The molecule has 0 radical (unpaired) electrons. The minimum absolute atomic E-state index is 0.00203. The first-order valence-electron chi connectivity index (χ1n) is 8.45. The first-order valence-corrected chi connectivity index (χ1v) is 9.33. The van der Waals surface area contributed by atoms with Gasteiger partial charge >= 0.3 is 6.18 Å². The van der Waals surface area contributed by atoms with Gasteiger partial charge in [-0.25, -0.2) is 0 Å². The number of thiophene rings is 1. The van der Waals surface area contributed by atoms with Crippen LogP contribution in [0.3, 0.4) is 0 Å². The molecule has 3 nitrogen and oxygen atoms in total. The Balaban J connectivity index is 1.68. The monoisotopic (exact) mass is 378 g/mol. The lowest BCUT2D eigenvalue weighted by Crippen LogP contribution is -2.29. The first-order chi connectivity index (χ1) is 12.4. The van der Waals surface area contributed by atoms with E-state index in [1.54, 1.807) is 11.3 Å². The van der Waals surface area contributed by atoms with Gasteiger partial charge in [0.2, 0.25) is 0 Å². The summed E-state index contributed by atoms with van der Waals surface area (Å²) in [6.45, 7) is 1.89. The maximum Gasteiger partial charge on any atom is 0.416 e. The molecule has 0 spiro atoms. The van der Waals surface area contributed by atoms with Gasteiger partial charge in [0.25, 0.3) is 5.91 Å². The van der Waals surface area contributed by atoms with Crippen molar-refractivity contribution < 1.29 is 18.0 Å². The van der Waals surface area contributed by atoms with Gasteiger partial charge in [0.15, 0.2) is 0 Å². The SMILES string of the molecule is O=C(c1cc2sccc2n1Cc1ccc(C(F)(F)F)cc1)N1CCCC1. The lowest BCUT2D eigenvalue weighted by Gasteiger charge is -2.17. The summed E-state index contributed by atoms with van der Waals surface area (Å²) < 4.78 is 41.2. The average molecular weight is 378 g/mol. The highest BCUT2D eigenvalue weighted by molar-refractivity contribution is 7.17. The molecule has 1 amide bonds. The topological polar surface area (TPSA) is 25.2 Å². The number of carbonyl (C=O) groups is 1. The number of amides is 1. The number of fused-ring (bicyclic) bond motifs is 1. The van der Waals surface area contributed by atoms with Gasteiger partial charge in [-0.2, -0.15) is 13.2 Å². The number of aromatic nitrogens is 1. The van der Waals surface area contributed by atoms with Gasteiger partial charge in [0, 0.05) is 19.6 Å². The highest BCUT2D eigenvalue weighted by atomic mass is 32.1. The van der Waals surface area contributed by atoms with Crippen molar-refractivity contribution in [1.82, 2.24) is 9.47 Å². The van der Waals surface area contributed by atoms with Crippen LogP contribution in [0.25, 0.3) is 10.2 Å². The third-order valence-electron chi connectivity index (χ3n) is 4.76. The molecule has 1 fully saturated rings. The Hall–Kier alpha value is -2.28. The second-order valence-corrected chi connectivity index (χ2v) is 7.43. The van der Waals surface area contributed by atoms with Crippen LogP contribution < -0.4 is 0 Å². The Bertz CT molecular complexity index is 934. The highest BCUT2D eigenvalue weighted by Crippen LogP contribution is 2.30. The number of carbonyl (C=O) groups excluding carboxylic acids is 1. The minimum atomic E-state index is -4.34. The van der Waals surface area contributed by atoms with Gasteiger partial charge in [-0.1, -0.05) is 12.1 Å². The zero-order chi connectivity index (χ0) is 18.3. The molecule has 0 bridgehead atoms. The molecule has 0 N–H and O–H groups in total. The van der Waals surface area contributed by atoms with Crippen LogP contribution in [0, 0.1) is 0 Å². The van der Waals surface area contributed by atoms with E-state index in [2.05, 4.69) is 0 Å². The van der Waals surface area contributed by atoms with Gasteiger partial charge in [0.1, 0.15) is 5.69 Å². The molecular weight excluding hydrogens is 361 g/mol. The van der Waals surface area contributed by atoms with Crippen LogP contribution in [0.1, 0.15) is 34.5 Å². The van der Waals surface area contributed by atoms with Gasteiger partial charge in [-0.05, 0) is 48.1 Å². The third kappa shape index (κ3) is 3.11. The smallest absolute Gasteiger partial charge is 0.337 e. The fourth-order valence-corrected chi connectivity index (χ4v) is 4.21. The fraction of sp³-hybridized carbons (Fsp3) is 0.316. The van der Waals surface area contributed by atoms with Crippen molar-refractivity contribution >= 4 is 27.5 Å². The Labute approximate surface area is 152 Å². The second-order valence-electron chi connectivity index (χ2n) is 6.48. The van der Waals surface area contributed by atoms with Crippen molar-refractivity contribution in [3.05, 3.63) is 58.6 Å². The third-order valence-corrected chi connectivity index (χ3v) is 5.61. The standard InChI is InChI=1S/C19H17F3N2OS/c20-19(21,22)14-5-3-13(4-6-14)12-24-15-7-10-26-17(15)11-16(24)18(25)23-8-1-2-9-23/h3-7,10-11H,1-2,8-9,12H2. The second kappa shape index (κ2) is 6.46. The predicted octanol–water partition coefficient (Wildman–Crippen LogP) is 5.01. The molecule has 26 heavy (non-hydrogen) atoms. The number of hydrogen-bond acceptors (Lipinski definition) is 2. The van der Waals surface area contributed by atoms with E-state index in [-0.39, 0.29) is 5.91 Å². The summed E-state index contributed by atoms with van der Waals surface area (Å²) in [5, 5.41) is 1.96. The van der Waals surface area contributed by atoms with Crippen LogP contribution in [0.2, 0.25) is 0 Å². The number of nitrogens with zero attached hydrogens (tertiary/aromatic N) is 2. The lowest BCUT2D eigenvalue weighted by atomic mass is 10.1. The molecule has 1 aromatic carbocycles. The summed E-state index contributed by atoms with van der Waals surface area (Å²) >= 11 is 1.56. The summed E-state index contributed by atoms with van der Waals surface area (Å²) in [4.78, 5) is 14.7. The molecule has 2 aromatic heterocycles. The van der Waals surface area contributed by atoms with Crippen molar-refractivity contribution in [3.8, 4) is 0 Å². The summed E-state index contributed by atoms with van der Waals surface area (Å²) in [6, 6.07) is 8.98. The molecule has 136 valence electrons. The van der Waals surface area contributed by atoms with Gasteiger partial charge in [-0.15, -0.1) is 11.3 Å². The molecule has 7 heteroatoms. The van der Waals surface area contributed by atoms with Crippen molar-refractivity contribution in [2.75, 3.05) is 13.1 Å². The van der Waals surface area contributed by atoms with Gasteiger partial charge < -0.3 is 9.47 Å². The lowest BCUT2D eigenvalue weighted by molar-refractivity contribution is -0.137. The molecule has 0 atom stereocenters. The largest absolute Gasteiger partial charge is 0.416 e. The van der Waals surface area contributed by atoms with Crippen LogP contribution in [0.5, 0.6) is 0 Å². The Morgan fingerprint density at radius 1 is 1.08 bits per heavy atom. The zero-order valence-electron chi connectivity index (χ0n) is 13.9. The van der Waals surface area contributed by atoms with Crippen LogP contribution in [0.4, 0.5) is 13.2 Å². The minimum Gasteiger partial charge on any atom is -0.337 e. The van der Waals surface area contributed by atoms with E-state index >= 15 is 0 Å². The quantitative estimate of drug-likeness (QED) is 0.629. The van der Waals surface area contributed by atoms with Crippen molar-refractivity contribution in [3.63, 3.8) is 0 Å². The fourth-order valence-electron chi connectivity index (χ4n) is 3.39. The molecule has 0 aliphatic carbocycles. The predicted molar refractivity (Wildman–Crippen MR) is 95.5 cm³/mol.